The van der Waals surface area contributed by atoms with E-state index in [1.54, 1.807) is 0 Å². The number of carbonyl (C=O) groups excluding carboxylic acids is 1. The van der Waals surface area contributed by atoms with E-state index in [9.17, 15) is 4.79 Å². The summed E-state index contributed by atoms with van der Waals surface area (Å²) in [4.78, 5) is 11.8. The summed E-state index contributed by atoms with van der Waals surface area (Å²) in [6, 6.07) is 5.67. The van der Waals surface area contributed by atoms with Gasteiger partial charge in [-0.1, -0.05) is 51.6 Å². The van der Waals surface area contributed by atoms with Crippen molar-refractivity contribution in [3.63, 3.8) is 0 Å². The van der Waals surface area contributed by atoms with Gasteiger partial charge in [0, 0.05) is 20.9 Å². The molecule has 0 saturated carbocycles. The summed E-state index contributed by atoms with van der Waals surface area (Å²) in [5.74, 6) is 0.225. The number of halogens is 2. The van der Waals surface area contributed by atoms with Crippen molar-refractivity contribution in [1.82, 2.24) is 0 Å². The van der Waals surface area contributed by atoms with Crippen LogP contribution in [0.4, 0.5) is 0 Å². The van der Waals surface area contributed by atoms with Gasteiger partial charge in [0.2, 0.25) is 0 Å². The van der Waals surface area contributed by atoms with E-state index >= 15 is 0 Å². The first-order valence-electron chi connectivity index (χ1n) is 5.13. The van der Waals surface area contributed by atoms with Crippen molar-refractivity contribution in [2.45, 2.75) is 32.6 Å². The quantitative estimate of drug-likeness (QED) is 0.549. The molecule has 82 valence electrons. The Hall–Kier alpha value is -0.150. The lowest BCUT2D eigenvalue weighted by atomic mass is 10.1. The Morgan fingerprint density at radius 3 is 2.60 bits per heavy atom. The molecular formula is C12H14Br2O. The molecule has 0 aliphatic heterocycles. The van der Waals surface area contributed by atoms with Gasteiger partial charge in [-0.2, -0.15) is 0 Å². The van der Waals surface area contributed by atoms with Gasteiger partial charge in [-0.25, -0.2) is 0 Å². The molecule has 0 spiro atoms. The highest BCUT2D eigenvalue weighted by molar-refractivity contribution is 9.11. The number of rotatable bonds is 5. The summed E-state index contributed by atoms with van der Waals surface area (Å²) < 4.78 is 1.86. The summed E-state index contributed by atoms with van der Waals surface area (Å²) in [5.41, 5.74) is 0.786. The fraction of sp³-hybridized carbons (Fsp3) is 0.417. The van der Waals surface area contributed by atoms with Gasteiger partial charge in [0.25, 0.3) is 0 Å². The maximum atomic E-state index is 11.8. The molecule has 0 heterocycles. The molecule has 3 heteroatoms. The highest BCUT2D eigenvalue weighted by Crippen LogP contribution is 2.23. The fourth-order valence-electron chi connectivity index (χ4n) is 1.39. The zero-order valence-electron chi connectivity index (χ0n) is 8.72. The van der Waals surface area contributed by atoms with E-state index in [1.807, 2.05) is 18.2 Å². The molecule has 0 unspecified atom stereocenters. The zero-order valence-corrected chi connectivity index (χ0v) is 11.9. The van der Waals surface area contributed by atoms with Crippen LogP contribution in [0.5, 0.6) is 0 Å². The number of hydrogen-bond acceptors (Lipinski definition) is 1. The lowest BCUT2D eigenvalue weighted by Gasteiger charge is -2.03. The third-order valence-corrected chi connectivity index (χ3v) is 3.39. The molecule has 15 heavy (non-hydrogen) atoms. The summed E-state index contributed by atoms with van der Waals surface area (Å²) >= 11 is 6.77. The SMILES string of the molecule is CCCCCC(=O)c1ccc(Br)cc1Br. The van der Waals surface area contributed by atoms with Crippen LogP contribution in [-0.2, 0) is 0 Å². The average molecular weight is 334 g/mol. The molecule has 0 aliphatic carbocycles. The van der Waals surface area contributed by atoms with E-state index in [2.05, 4.69) is 38.8 Å². The first-order valence-corrected chi connectivity index (χ1v) is 6.72. The highest BCUT2D eigenvalue weighted by atomic mass is 79.9. The minimum absolute atomic E-state index is 0.225. The van der Waals surface area contributed by atoms with Gasteiger partial charge >= 0.3 is 0 Å². The lowest BCUT2D eigenvalue weighted by Crippen LogP contribution is -1.99. The molecule has 0 N–H and O–H groups in total. The van der Waals surface area contributed by atoms with E-state index in [1.165, 1.54) is 0 Å². The minimum Gasteiger partial charge on any atom is -0.294 e. The second-order valence-electron chi connectivity index (χ2n) is 3.50. The van der Waals surface area contributed by atoms with Crippen LogP contribution in [0.2, 0.25) is 0 Å². The van der Waals surface area contributed by atoms with E-state index in [0.717, 1.165) is 33.8 Å². The Balaban J connectivity index is 2.65. The largest absolute Gasteiger partial charge is 0.294 e. The van der Waals surface area contributed by atoms with Crippen LogP contribution < -0.4 is 0 Å². The van der Waals surface area contributed by atoms with Crippen LogP contribution >= 0.6 is 31.9 Å². The molecule has 1 nitrogen and oxygen atoms in total. The van der Waals surface area contributed by atoms with Crippen LogP contribution in [0.25, 0.3) is 0 Å². The number of benzene rings is 1. The molecule has 0 bridgehead atoms. The number of unbranched alkanes of at least 4 members (excludes halogenated alkanes) is 2. The predicted octanol–water partition coefficient (Wildman–Crippen LogP) is 4.97. The van der Waals surface area contributed by atoms with Crippen LogP contribution in [0.3, 0.4) is 0 Å². The van der Waals surface area contributed by atoms with Gasteiger partial charge in [0.15, 0.2) is 5.78 Å². The van der Waals surface area contributed by atoms with E-state index < -0.39 is 0 Å². The predicted molar refractivity (Wildman–Crippen MR) is 70.3 cm³/mol. The molecule has 0 radical (unpaired) electrons. The first-order chi connectivity index (χ1) is 7.15. The highest BCUT2D eigenvalue weighted by Gasteiger charge is 2.09. The van der Waals surface area contributed by atoms with Crippen LogP contribution in [0.15, 0.2) is 27.1 Å². The molecule has 0 saturated heterocycles. The van der Waals surface area contributed by atoms with Crippen molar-refractivity contribution in [2.75, 3.05) is 0 Å². The van der Waals surface area contributed by atoms with Crippen molar-refractivity contribution in [2.24, 2.45) is 0 Å². The van der Waals surface area contributed by atoms with Crippen LogP contribution in [-0.4, -0.2) is 5.78 Å². The van der Waals surface area contributed by atoms with Crippen LogP contribution in [0, 0.1) is 0 Å². The minimum atomic E-state index is 0.225. The molecular weight excluding hydrogens is 320 g/mol. The first kappa shape index (κ1) is 12.9. The third kappa shape index (κ3) is 4.07. The smallest absolute Gasteiger partial charge is 0.164 e. The topological polar surface area (TPSA) is 17.1 Å². The van der Waals surface area contributed by atoms with Gasteiger partial charge in [0.05, 0.1) is 0 Å². The van der Waals surface area contributed by atoms with Crippen molar-refractivity contribution < 1.29 is 4.79 Å². The molecule has 1 aromatic carbocycles. The second-order valence-corrected chi connectivity index (χ2v) is 5.27. The van der Waals surface area contributed by atoms with Gasteiger partial charge in [-0.15, -0.1) is 0 Å². The molecule has 0 amide bonds. The van der Waals surface area contributed by atoms with E-state index in [-0.39, 0.29) is 5.78 Å². The number of carbonyl (C=O) groups is 1. The average Bonchev–Trinajstić information content (AvgIpc) is 2.17. The maximum Gasteiger partial charge on any atom is 0.164 e. The van der Waals surface area contributed by atoms with Gasteiger partial charge in [-0.05, 0) is 24.6 Å². The third-order valence-electron chi connectivity index (χ3n) is 2.24. The Kier molecular flexibility index (Phi) is 5.54. The Morgan fingerprint density at radius 1 is 1.27 bits per heavy atom. The van der Waals surface area contributed by atoms with Crippen molar-refractivity contribution in [3.8, 4) is 0 Å². The summed E-state index contributed by atoms with van der Waals surface area (Å²) in [5, 5.41) is 0. The van der Waals surface area contributed by atoms with Crippen molar-refractivity contribution in [1.29, 1.82) is 0 Å². The molecule has 0 aliphatic rings. The van der Waals surface area contributed by atoms with Gasteiger partial charge in [-0.3, -0.25) is 4.79 Å². The van der Waals surface area contributed by atoms with Gasteiger partial charge < -0.3 is 0 Å². The Morgan fingerprint density at radius 2 is 2.00 bits per heavy atom. The monoisotopic (exact) mass is 332 g/mol. The normalized spacial score (nSPS) is 10.3. The number of ketones is 1. The van der Waals surface area contributed by atoms with Crippen molar-refractivity contribution >= 4 is 37.6 Å². The maximum absolute atomic E-state index is 11.8. The standard InChI is InChI=1S/C12H14Br2O/c1-2-3-4-5-12(15)10-7-6-9(13)8-11(10)14/h6-8H,2-5H2,1H3. The number of Topliss-reactive ketones (excluding diaryl/α,β-unsaturated/α-hetero) is 1. The molecule has 0 fully saturated rings. The van der Waals surface area contributed by atoms with E-state index in [0.29, 0.717) is 6.42 Å². The number of hydrogen-bond donors (Lipinski definition) is 0. The lowest BCUT2D eigenvalue weighted by molar-refractivity contribution is 0.0978. The molecule has 0 atom stereocenters. The van der Waals surface area contributed by atoms with Crippen LogP contribution in [0.1, 0.15) is 43.0 Å². The molecule has 1 rings (SSSR count). The van der Waals surface area contributed by atoms with Crippen molar-refractivity contribution in [3.05, 3.63) is 32.7 Å². The second kappa shape index (κ2) is 6.44. The van der Waals surface area contributed by atoms with E-state index in [4.69, 9.17) is 0 Å². The summed E-state index contributed by atoms with van der Waals surface area (Å²) in [6.45, 7) is 2.14. The molecule has 0 aromatic heterocycles. The van der Waals surface area contributed by atoms with Gasteiger partial charge in [0.1, 0.15) is 0 Å². The Labute approximate surface area is 108 Å². The fourth-order valence-corrected chi connectivity index (χ4v) is 2.65. The summed E-state index contributed by atoms with van der Waals surface area (Å²) in [7, 11) is 0. The molecule has 1 aromatic rings. The summed E-state index contributed by atoms with van der Waals surface area (Å²) in [6.07, 6.45) is 3.90. The zero-order chi connectivity index (χ0) is 11.3. The Bertz CT molecular complexity index is 347.